The van der Waals surface area contributed by atoms with Crippen molar-refractivity contribution in [2.45, 2.75) is 90.9 Å². The number of anilines is 1. The first-order valence-corrected chi connectivity index (χ1v) is 19.0. The van der Waals surface area contributed by atoms with Crippen LogP contribution in [0.25, 0.3) is 22.2 Å². The zero-order chi connectivity index (χ0) is 35.4. The fourth-order valence-corrected chi connectivity index (χ4v) is 7.81. The van der Waals surface area contributed by atoms with E-state index in [2.05, 4.69) is 83.2 Å². The highest BCUT2D eigenvalue weighted by Gasteiger charge is 2.56. The first kappa shape index (κ1) is 35.1. The average Bonchev–Trinajstić information content (AvgIpc) is 3.88. The van der Waals surface area contributed by atoms with Crippen LogP contribution in [-0.4, -0.2) is 70.9 Å². The van der Waals surface area contributed by atoms with E-state index in [0.717, 1.165) is 84.0 Å². The maximum Gasteiger partial charge on any atom is 0.235 e. The number of carbonyl (C=O) groups excluding carboxylic acids is 2. The van der Waals surface area contributed by atoms with Crippen LogP contribution in [0.1, 0.15) is 74.8 Å². The van der Waals surface area contributed by atoms with E-state index in [4.69, 9.17) is 9.72 Å². The minimum atomic E-state index is -1.04. The van der Waals surface area contributed by atoms with E-state index in [-0.39, 0.29) is 17.9 Å². The molecule has 0 atom stereocenters. The van der Waals surface area contributed by atoms with E-state index in [1.54, 1.807) is 0 Å². The lowest BCUT2D eigenvalue weighted by Crippen LogP contribution is -2.42. The van der Waals surface area contributed by atoms with Gasteiger partial charge in [-0.1, -0.05) is 49.4 Å². The van der Waals surface area contributed by atoms with Crippen LogP contribution < -0.4 is 16.0 Å². The van der Waals surface area contributed by atoms with Gasteiger partial charge in [0.2, 0.25) is 11.8 Å². The van der Waals surface area contributed by atoms with Gasteiger partial charge in [-0.25, -0.2) is 9.67 Å². The minimum absolute atomic E-state index is 0.209. The monoisotopic (exact) mass is 691 g/mol. The van der Waals surface area contributed by atoms with Gasteiger partial charge < -0.3 is 25.6 Å². The summed E-state index contributed by atoms with van der Waals surface area (Å²) in [4.78, 5) is 34.8. The molecule has 2 aromatic heterocycles. The van der Waals surface area contributed by atoms with Crippen LogP contribution in [-0.2, 0) is 46.8 Å². The van der Waals surface area contributed by atoms with Gasteiger partial charge in [-0.2, -0.15) is 5.10 Å². The molecule has 2 aliphatic heterocycles. The number of aromatic nitrogens is 3. The zero-order valence-corrected chi connectivity index (χ0v) is 30.5. The number of nitrogens with one attached hydrogen (secondary N) is 3. The summed E-state index contributed by atoms with van der Waals surface area (Å²) in [6, 6.07) is 17.5. The lowest BCUT2D eigenvalue weighted by molar-refractivity contribution is -0.137. The number of piperidine rings is 1. The van der Waals surface area contributed by atoms with E-state index < -0.39 is 5.41 Å². The van der Waals surface area contributed by atoms with E-state index in [1.807, 2.05) is 23.0 Å². The molecule has 3 N–H and O–H groups in total. The number of amides is 2. The zero-order valence-electron chi connectivity index (χ0n) is 30.5. The van der Waals surface area contributed by atoms with Gasteiger partial charge in [0.1, 0.15) is 5.41 Å². The smallest absolute Gasteiger partial charge is 0.235 e. The summed E-state index contributed by atoms with van der Waals surface area (Å²) in [5.41, 5.74) is 7.40. The number of pyridine rings is 1. The molecule has 3 aliphatic rings. The van der Waals surface area contributed by atoms with Gasteiger partial charge >= 0.3 is 0 Å². The molecule has 4 heterocycles. The summed E-state index contributed by atoms with van der Waals surface area (Å²) in [6.45, 7) is 9.34. The fourth-order valence-electron chi connectivity index (χ4n) is 7.81. The molecule has 1 aliphatic carbocycles. The number of ether oxygens (including phenoxy) is 1. The molecular formula is C41H53N7O3. The number of rotatable bonds is 13. The van der Waals surface area contributed by atoms with Crippen LogP contribution in [0.4, 0.5) is 5.69 Å². The molecule has 0 spiro atoms. The van der Waals surface area contributed by atoms with Crippen LogP contribution in [0.3, 0.4) is 0 Å². The molecule has 0 bridgehead atoms. The topological polar surface area (TPSA) is 113 Å². The molecule has 270 valence electrons. The number of nitrogens with zero attached hydrogens (tertiary/aromatic N) is 4. The maximum atomic E-state index is 13.8. The second-order valence-corrected chi connectivity index (χ2v) is 14.8. The minimum Gasteiger partial charge on any atom is -0.381 e. The molecule has 2 amide bonds. The Labute approximate surface area is 301 Å². The number of carbonyl (C=O) groups is 2. The van der Waals surface area contributed by atoms with E-state index in [9.17, 15) is 9.59 Å². The van der Waals surface area contributed by atoms with E-state index in [1.165, 1.54) is 37.1 Å². The van der Waals surface area contributed by atoms with Gasteiger partial charge in [0.25, 0.3) is 0 Å². The first-order valence-electron chi connectivity index (χ1n) is 19.0. The lowest BCUT2D eigenvalue weighted by Gasteiger charge is -2.29. The highest BCUT2D eigenvalue weighted by atomic mass is 16.5. The van der Waals surface area contributed by atoms with Crippen LogP contribution in [0.2, 0.25) is 0 Å². The standard InChI is InChI=1S/C41H53N7O3/c1-4-36-34(37(45-33-14-20-51-21-15-33)35-27-44-48(5-2)38(35)46-36)26-43-40(50)41(16-17-41)39(49)42-25-30-9-7-11-32(24-30)31-10-6-8-29(23-31)22-28-12-18-47(3)19-13-28/h6-11,23-24,27-28,33H,4-5,12-22,25-26H2,1-3H3,(H,42,49)(H,43,50)(H,45,46). The molecule has 51 heavy (non-hydrogen) atoms. The van der Waals surface area contributed by atoms with Gasteiger partial charge in [-0.05, 0) is 113 Å². The van der Waals surface area contributed by atoms with Crippen molar-refractivity contribution in [3.8, 4) is 11.1 Å². The quantitative estimate of drug-likeness (QED) is 0.150. The Balaban J connectivity index is 1.01. The van der Waals surface area contributed by atoms with Gasteiger partial charge in [0.05, 0.1) is 17.3 Å². The Hall–Kier alpha value is -4.28. The molecule has 7 rings (SSSR count). The summed E-state index contributed by atoms with van der Waals surface area (Å²) in [7, 11) is 2.21. The predicted molar refractivity (Wildman–Crippen MR) is 201 cm³/mol. The van der Waals surface area contributed by atoms with Crippen molar-refractivity contribution < 1.29 is 14.3 Å². The molecule has 0 unspecified atom stereocenters. The first-order chi connectivity index (χ1) is 24.9. The summed E-state index contributed by atoms with van der Waals surface area (Å²) in [5.74, 6) is 0.305. The normalized spacial score (nSPS) is 18.1. The fraction of sp³-hybridized carbons (Fsp3) is 0.512. The van der Waals surface area contributed by atoms with Crippen LogP contribution in [0.5, 0.6) is 0 Å². The van der Waals surface area contributed by atoms with Gasteiger partial charge in [0.15, 0.2) is 5.65 Å². The van der Waals surface area contributed by atoms with Crippen molar-refractivity contribution in [2.24, 2.45) is 11.3 Å². The molecule has 2 aromatic carbocycles. The van der Waals surface area contributed by atoms with Crippen molar-refractivity contribution in [1.82, 2.24) is 30.3 Å². The van der Waals surface area contributed by atoms with Gasteiger partial charge in [-0.3, -0.25) is 9.59 Å². The number of hydrogen-bond donors (Lipinski definition) is 3. The average molecular weight is 692 g/mol. The third-order valence-corrected chi connectivity index (χ3v) is 11.2. The lowest BCUT2D eigenvalue weighted by atomic mass is 9.89. The van der Waals surface area contributed by atoms with Crippen LogP contribution in [0.15, 0.2) is 54.7 Å². The third kappa shape index (κ3) is 7.82. The Kier molecular flexibility index (Phi) is 10.7. The van der Waals surface area contributed by atoms with Crippen molar-refractivity contribution in [2.75, 3.05) is 38.7 Å². The summed E-state index contributed by atoms with van der Waals surface area (Å²) >= 11 is 0. The summed E-state index contributed by atoms with van der Waals surface area (Å²) < 4.78 is 7.52. The van der Waals surface area contributed by atoms with Crippen molar-refractivity contribution in [3.05, 3.63) is 77.1 Å². The summed E-state index contributed by atoms with van der Waals surface area (Å²) in [6.07, 6.45) is 9.12. The number of fused-ring (bicyclic) bond motifs is 1. The molecule has 2 saturated heterocycles. The molecule has 10 heteroatoms. The van der Waals surface area contributed by atoms with Crippen molar-refractivity contribution in [3.63, 3.8) is 0 Å². The number of likely N-dealkylation sites (tertiary alicyclic amines) is 1. The molecule has 4 aromatic rings. The van der Waals surface area contributed by atoms with Gasteiger partial charge in [-0.15, -0.1) is 0 Å². The Morgan fingerprint density at radius 2 is 1.57 bits per heavy atom. The summed E-state index contributed by atoms with van der Waals surface area (Å²) in [5, 5.41) is 15.6. The number of hydrogen-bond acceptors (Lipinski definition) is 7. The predicted octanol–water partition coefficient (Wildman–Crippen LogP) is 5.87. The largest absolute Gasteiger partial charge is 0.381 e. The number of aryl methyl sites for hydroxylation is 2. The van der Waals surface area contributed by atoms with E-state index in [0.29, 0.717) is 32.4 Å². The van der Waals surface area contributed by atoms with E-state index >= 15 is 0 Å². The molecular weight excluding hydrogens is 638 g/mol. The Morgan fingerprint density at radius 3 is 2.24 bits per heavy atom. The second kappa shape index (κ2) is 15.5. The molecule has 0 radical (unpaired) electrons. The van der Waals surface area contributed by atoms with Crippen molar-refractivity contribution >= 4 is 28.5 Å². The molecule has 10 nitrogen and oxygen atoms in total. The highest BCUT2D eigenvalue weighted by molar-refractivity contribution is 6.08. The van der Waals surface area contributed by atoms with Crippen molar-refractivity contribution in [1.29, 1.82) is 0 Å². The molecule has 3 fully saturated rings. The highest BCUT2D eigenvalue weighted by Crippen LogP contribution is 2.46. The third-order valence-electron chi connectivity index (χ3n) is 11.2. The number of benzene rings is 2. The maximum absolute atomic E-state index is 13.8. The molecule has 1 saturated carbocycles. The Bertz CT molecular complexity index is 1850. The second-order valence-electron chi connectivity index (χ2n) is 14.8. The van der Waals surface area contributed by atoms with Crippen LogP contribution in [0, 0.1) is 11.3 Å². The Morgan fingerprint density at radius 1 is 0.902 bits per heavy atom. The SMILES string of the molecule is CCc1nc2c(cnn2CC)c(NC2CCOCC2)c1CNC(=O)C1(C(=O)NCc2cccc(-c3cccc(CC4CCN(C)CC4)c3)c2)CC1. The van der Waals surface area contributed by atoms with Crippen LogP contribution >= 0.6 is 0 Å². The van der Waals surface area contributed by atoms with Gasteiger partial charge in [0, 0.05) is 50.1 Å².